The largest absolute Gasteiger partial charge is 0.381 e. The number of hydrogen-bond acceptors (Lipinski definition) is 7. The second-order valence-corrected chi connectivity index (χ2v) is 10.8. The summed E-state index contributed by atoms with van der Waals surface area (Å²) in [6.07, 6.45) is 3.94. The van der Waals surface area contributed by atoms with E-state index in [-0.39, 0.29) is 10.8 Å². The van der Waals surface area contributed by atoms with Crippen LogP contribution in [0.25, 0.3) is 0 Å². The van der Waals surface area contributed by atoms with E-state index in [1.54, 1.807) is 38.2 Å². The monoisotopic (exact) mass is 486 g/mol. The number of rotatable bonds is 9. The predicted octanol–water partition coefficient (Wildman–Crippen LogP) is 3.48. The number of hydrogen-bond donors (Lipinski definition) is 2. The first kappa shape index (κ1) is 24.1. The van der Waals surface area contributed by atoms with Gasteiger partial charge in [-0.2, -0.15) is 0 Å². The minimum Gasteiger partial charge on any atom is -0.381 e. The zero-order valence-corrected chi connectivity index (χ0v) is 19.9. The van der Waals surface area contributed by atoms with Crippen LogP contribution in [0.1, 0.15) is 37.7 Å². The Labute approximate surface area is 192 Å². The van der Waals surface area contributed by atoms with Gasteiger partial charge in [0.1, 0.15) is 4.34 Å². The number of thiazole rings is 1. The van der Waals surface area contributed by atoms with E-state index in [9.17, 15) is 13.2 Å². The van der Waals surface area contributed by atoms with Crippen LogP contribution in [0.15, 0.2) is 35.4 Å². The molecule has 2 N–H and O–H groups in total. The van der Waals surface area contributed by atoms with Crippen molar-refractivity contribution in [3.8, 4) is 0 Å². The lowest BCUT2D eigenvalue weighted by atomic mass is 9.84. The molecular weight excluding hydrogens is 460 g/mol. The third-order valence-electron chi connectivity index (χ3n) is 5.34. The molecule has 3 rings (SSSR count). The number of amides is 1. The zero-order valence-electron chi connectivity index (χ0n) is 17.5. The Hall–Kier alpha value is -1.56. The Morgan fingerprint density at radius 2 is 2.00 bits per heavy atom. The highest BCUT2D eigenvalue weighted by molar-refractivity contribution is 7.89. The lowest BCUT2D eigenvalue weighted by molar-refractivity contribution is -0.118. The number of aromatic nitrogens is 1. The maximum Gasteiger partial charge on any atom is 0.255 e. The number of halogens is 1. The molecule has 0 bridgehead atoms. The van der Waals surface area contributed by atoms with Crippen molar-refractivity contribution in [3.05, 3.63) is 40.4 Å². The van der Waals surface area contributed by atoms with Gasteiger partial charge in [-0.3, -0.25) is 4.79 Å². The van der Waals surface area contributed by atoms with Gasteiger partial charge in [-0.1, -0.05) is 35.1 Å². The molecule has 1 aromatic carbocycles. The van der Waals surface area contributed by atoms with Crippen molar-refractivity contribution in [1.29, 1.82) is 0 Å². The number of hydrazine groups is 1. The lowest BCUT2D eigenvalue weighted by Crippen LogP contribution is -2.40. The molecule has 1 amide bonds. The SMILES string of the molecule is CCN(NC)S(=O)(=O)c1ccc(C(CC2CCOCC2)C(=O)Nc2ncc(Cl)s2)cc1. The van der Waals surface area contributed by atoms with Gasteiger partial charge < -0.3 is 10.1 Å². The summed E-state index contributed by atoms with van der Waals surface area (Å²) in [4.78, 5) is 17.4. The molecule has 1 atom stereocenters. The van der Waals surface area contributed by atoms with Crippen LogP contribution in [0.2, 0.25) is 4.34 Å². The minimum absolute atomic E-state index is 0.171. The summed E-state index contributed by atoms with van der Waals surface area (Å²) in [6.45, 7) is 3.43. The Kier molecular flexibility index (Phi) is 8.43. The maximum atomic E-state index is 13.1. The summed E-state index contributed by atoms with van der Waals surface area (Å²) in [6, 6.07) is 6.54. The molecule has 2 aromatic rings. The van der Waals surface area contributed by atoms with Gasteiger partial charge >= 0.3 is 0 Å². The van der Waals surface area contributed by atoms with Crippen LogP contribution in [0, 0.1) is 5.92 Å². The molecule has 0 aliphatic carbocycles. The summed E-state index contributed by atoms with van der Waals surface area (Å²) >= 11 is 7.13. The number of sulfonamides is 1. The van der Waals surface area contributed by atoms with E-state index in [4.69, 9.17) is 16.3 Å². The summed E-state index contributed by atoms with van der Waals surface area (Å²) in [5, 5.41) is 3.29. The van der Waals surface area contributed by atoms with Gasteiger partial charge in [0.25, 0.3) is 10.0 Å². The molecule has 1 saturated heterocycles. The quantitative estimate of drug-likeness (QED) is 0.526. The van der Waals surface area contributed by atoms with E-state index in [1.807, 2.05) is 0 Å². The molecule has 2 heterocycles. The Morgan fingerprint density at radius 1 is 1.32 bits per heavy atom. The Balaban J connectivity index is 1.84. The average molecular weight is 487 g/mol. The first-order chi connectivity index (χ1) is 14.8. The van der Waals surface area contributed by atoms with Gasteiger partial charge in [0, 0.05) is 19.8 Å². The lowest BCUT2D eigenvalue weighted by Gasteiger charge is -2.26. The van der Waals surface area contributed by atoms with E-state index in [2.05, 4.69) is 15.7 Å². The second kappa shape index (κ2) is 10.8. The fourth-order valence-corrected chi connectivity index (χ4v) is 5.79. The van der Waals surface area contributed by atoms with Crippen LogP contribution < -0.4 is 10.7 Å². The van der Waals surface area contributed by atoms with Crippen molar-refractivity contribution < 1.29 is 17.9 Å². The minimum atomic E-state index is -3.65. The Bertz CT molecular complexity index is 971. The van der Waals surface area contributed by atoms with Crippen LogP contribution in [0.3, 0.4) is 0 Å². The summed E-state index contributed by atoms with van der Waals surface area (Å²) in [5.41, 5.74) is 3.44. The average Bonchev–Trinajstić information content (AvgIpc) is 3.18. The highest BCUT2D eigenvalue weighted by Crippen LogP contribution is 2.32. The third kappa shape index (κ3) is 6.03. The van der Waals surface area contributed by atoms with Crippen LogP contribution in [-0.4, -0.2) is 50.5 Å². The van der Waals surface area contributed by atoms with Gasteiger partial charge in [0.05, 0.1) is 17.0 Å². The molecule has 0 saturated carbocycles. The van der Waals surface area contributed by atoms with Gasteiger partial charge in [-0.15, -0.1) is 4.41 Å². The zero-order chi connectivity index (χ0) is 22.4. The molecular formula is C20H27ClN4O4S2. The Morgan fingerprint density at radius 3 is 2.55 bits per heavy atom. The molecule has 0 spiro atoms. The number of anilines is 1. The summed E-state index contributed by atoms with van der Waals surface area (Å²) in [5.74, 6) is -0.264. The first-order valence-corrected chi connectivity index (χ1v) is 12.8. The maximum absolute atomic E-state index is 13.1. The number of benzene rings is 1. The second-order valence-electron chi connectivity index (χ2n) is 7.27. The van der Waals surface area contributed by atoms with E-state index in [0.717, 1.165) is 18.4 Å². The van der Waals surface area contributed by atoms with Crippen molar-refractivity contribution in [1.82, 2.24) is 14.8 Å². The van der Waals surface area contributed by atoms with Gasteiger partial charge in [0.15, 0.2) is 5.13 Å². The number of nitrogens with zero attached hydrogens (tertiary/aromatic N) is 2. The highest BCUT2D eigenvalue weighted by atomic mass is 35.5. The topological polar surface area (TPSA) is 101 Å². The molecule has 31 heavy (non-hydrogen) atoms. The van der Waals surface area contributed by atoms with Gasteiger partial charge in [-0.05, 0) is 56.8 Å². The normalized spacial score (nSPS) is 16.4. The molecule has 0 radical (unpaired) electrons. The first-order valence-electron chi connectivity index (χ1n) is 10.1. The molecule has 170 valence electrons. The van der Waals surface area contributed by atoms with E-state index >= 15 is 0 Å². The van der Waals surface area contributed by atoms with Crippen molar-refractivity contribution in [2.24, 2.45) is 5.92 Å². The van der Waals surface area contributed by atoms with E-state index in [0.29, 0.717) is 41.6 Å². The number of carbonyl (C=O) groups excluding carboxylic acids is 1. The molecule has 1 aliphatic heterocycles. The van der Waals surface area contributed by atoms with Crippen LogP contribution in [-0.2, 0) is 19.6 Å². The van der Waals surface area contributed by atoms with Crippen molar-refractivity contribution >= 4 is 44.0 Å². The molecule has 1 aliphatic rings. The van der Waals surface area contributed by atoms with Crippen molar-refractivity contribution in [2.45, 2.75) is 37.0 Å². The number of ether oxygens (including phenoxy) is 1. The van der Waals surface area contributed by atoms with Crippen LogP contribution in [0.4, 0.5) is 5.13 Å². The molecule has 8 nitrogen and oxygen atoms in total. The van der Waals surface area contributed by atoms with Crippen molar-refractivity contribution in [3.63, 3.8) is 0 Å². The predicted molar refractivity (Wildman–Crippen MR) is 122 cm³/mol. The van der Waals surface area contributed by atoms with Gasteiger partial charge in [-0.25, -0.2) is 18.8 Å². The van der Waals surface area contributed by atoms with Crippen molar-refractivity contribution in [2.75, 3.05) is 32.1 Å². The summed E-state index contributed by atoms with van der Waals surface area (Å²) < 4.78 is 32.5. The fraction of sp³-hybridized carbons (Fsp3) is 0.500. The standard InChI is InChI=1S/C20H27ClN4O4S2/c1-3-25(22-2)31(27,28)16-6-4-15(5-7-16)17(12-14-8-10-29-11-9-14)19(26)24-20-23-13-18(21)30-20/h4-7,13-14,17,22H,3,8-12H2,1-2H3,(H,23,24,26). The molecule has 1 unspecified atom stereocenters. The van der Waals surface area contributed by atoms with Crippen LogP contribution >= 0.6 is 22.9 Å². The highest BCUT2D eigenvalue weighted by Gasteiger charge is 2.28. The smallest absolute Gasteiger partial charge is 0.255 e. The molecule has 1 fully saturated rings. The number of nitrogens with one attached hydrogen (secondary N) is 2. The van der Waals surface area contributed by atoms with Gasteiger partial charge in [0.2, 0.25) is 5.91 Å². The molecule has 11 heteroatoms. The number of carbonyl (C=O) groups is 1. The molecule has 1 aromatic heterocycles. The van der Waals surface area contributed by atoms with E-state index in [1.165, 1.54) is 21.9 Å². The van der Waals surface area contributed by atoms with Crippen LogP contribution in [0.5, 0.6) is 0 Å². The van der Waals surface area contributed by atoms with E-state index < -0.39 is 15.9 Å². The summed E-state index contributed by atoms with van der Waals surface area (Å²) in [7, 11) is -2.09. The third-order valence-corrected chi connectivity index (χ3v) is 8.26. The fourth-order valence-electron chi connectivity index (χ4n) is 3.66.